The van der Waals surface area contributed by atoms with Crippen LogP contribution in [0.3, 0.4) is 0 Å². The first kappa shape index (κ1) is 10.9. The molecular formula is C13H17N3. The van der Waals surface area contributed by atoms with E-state index in [0.29, 0.717) is 6.04 Å². The molecule has 3 nitrogen and oxygen atoms in total. The Bertz CT molecular complexity index is 445. The van der Waals surface area contributed by atoms with E-state index in [9.17, 15) is 5.26 Å². The predicted octanol–water partition coefficient (Wildman–Crippen LogP) is 2.56. The zero-order valence-corrected chi connectivity index (χ0v) is 10.1. The minimum Gasteiger partial charge on any atom is -0.368 e. The van der Waals surface area contributed by atoms with E-state index in [-0.39, 0.29) is 0 Å². The molecule has 84 valence electrons. The Hall–Kier alpha value is -1.56. The van der Waals surface area contributed by atoms with Crippen molar-refractivity contribution in [3.8, 4) is 6.07 Å². The highest BCUT2D eigenvalue weighted by atomic mass is 15.2. The number of aryl methyl sites for hydroxylation is 2. The third-order valence-electron chi connectivity index (χ3n) is 3.28. The summed E-state index contributed by atoms with van der Waals surface area (Å²) in [5.74, 6) is 0. The Kier molecular flexibility index (Phi) is 2.82. The maximum absolute atomic E-state index is 9.22. The Labute approximate surface area is 96.7 Å². The predicted molar refractivity (Wildman–Crippen MR) is 64.5 cm³/mol. The summed E-state index contributed by atoms with van der Waals surface area (Å²) in [6, 6.07) is 4.85. The SMILES string of the molecule is Cc1cc(N2CCCC2C)c(C#N)c(C)n1. The van der Waals surface area contributed by atoms with Crippen LogP contribution in [-0.2, 0) is 0 Å². The summed E-state index contributed by atoms with van der Waals surface area (Å²) >= 11 is 0. The Balaban J connectivity index is 2.51. The molecular weight excluding hydrogens is 198 g/mol. The summed E-state index contributed by atoms with van der Waals surface area (Å²) in [5, 5.41) is 9.22. The highest BCUT2D eigenvalue weighted by molar-refractivity contribution is 5.62. The third kappa shape index (κ3) is 1.76. The van der Waals surface area contributed by atoms with Gasteiger partial charge in [0.1, 0.15) is 6.07 Å². The monoisotopic (exact) mass is 215 g/mol. The minimum atomic E-state index is 0.535. The quantitative estimate of drug-likeness (QED) is 0.722. The number of anilines is 1. The van der Waals surface area contributed by atoms with Gasteiger partial charge >= 0.3 is 0 Å². The average Bonchev–Trinajstić information content (AvgIpc) is 2.63. The van der Waals surface area contributed by atoms with Crippen LogP contribution in [0.25, 0.3) is 0 Å². The van der Waals surface area contributed by atoms with Gasteiger partial charge < -0.3 is 4.90 Å². The van der Waals surface area contributed by atoms with Gasteiger partial charge in [0.15, 0.2) is 0 Å². The van der Waals surface area contributed by atoms with E-state index in [1.807, 2.05) is 19.9 Å². The van der Waals surface area contributed by atoms with E-state index >= 15 is 0 Å². The van der Waals surface area contributed by atoms with Crippen molar-refractivity contribution in [2.45, 2.75) is 39.7 Å². The number of hydrogen-bond acceptors (Lipinski definition) is 3. The van der Waals surface area contributed by atoms with Crippen LogP contribution in [0.5, 0.6) is 0 Å². The second kappa shape index (κ2) is 4.13. The van der Waals surface area contributed by atoms with Crippen LogP contribution in [0, 0.1) is 25.2 Å². The fourth-order valence-corrected chi connectivity index (χ4v) is 2.46. The van der Waals surface area contributed by atoms with Crippen molar-refractivity contribution in [3.63, 3.8) is 0 Å². The lowest BCUT2D eigenvalue weighted by atomic mass is 10.1. The molecule has 0 aliphatic carbocycles. The number of aromatic nitrogens is 1. The number of rotatable bonds is 1. The Morgan fingerprint density at radius 3 is 2.81 bits per heavy atom. The zero-order chi connectivity index (χ0) is 11.7. The van der Waals surface area contributed by atoms with Gasteiger partial charge in [-0.15, -0.1) is 0 Å². The maximum atomic E-state index is 9.22. The van der Waals surface area contributed by atoms with Crippen molar-refractivity contribution in [3.05, 3.63) is 23.0 Å². The molecule has 1 unspecified atom stereocenters. The van der Waals surface area contributed by atoms with Crippen LogP contribution in [0.1, 0.15) is 36.7 Å². The molecule has 1 fully saturated rings. The molecule has 1 aliphatic heterocycles. The maximum Gasteiger partial charge on any atom is 0.103 e. The van der Waals surface area contributed by atoms with Gasteiger partial charge in [-0.25, -0.2) is 0 Å². The van der Waals surface area contributed by atoms with E-state index in [4.69, 9.17) is 0 Å². The van der Waals surface area contributed by atoms with Crippen LogP contribution in [0.2, 0.25) is 0 Å². The first-order chi connectivity index (χ1) is 7.63. The van der Waals surface area contributed by atoms with E-state index in [1.165, 1.54) is 12.8 Å². The fraction of sp³-hybridized carbons (Fsp3) is 0.538. The molecule has 1 aromatic rings. The normalized spacial score (nSPS) is 19.9. The van der Waals surface area contributed by atoms with E-state index < -0.39 is 0 Å². The molecule has 0 saturated carbocycles. The molecule has 3 heteroatoms. The van der Waals surface area contributed by atoms with Gasteiger partial charge in [-0.05, 0) is 39.7 Å². The van der Waals surface area contributed by atoms with Gasteiger partial charge in [-0.2, -0.15) is 5.26 Å². The zero-order valence-electron chi connectivity index (χ0n) is 10.1. The number of pyridine rings is 1. The van der Waals surface area contributed by atoms with Gasteiger partial charge in [0.05, 0.1) is 16.9 Å². The lowest BCUT2D eigenvalue weighted by molar-refractivity contribution is 0.733. The average molecular weight is 215 g/mol. The van der Waals surface area contributed by atoms with Crippen molar-refractivity contribution in [2.75, 3.05) is 11.4 Å². The minimum absolute atomic E-state index is 0.535. The summed E-state index contributed by atoms with van der Waals surface area (Å²) in [6.45, 7) is 7.17. The van der Waals surface area contributed by atoms with Crippen molar-refractivity contribution in [1.82, 2.24) is 4.98 Å². The standard InChI is InChI=1S/C13H17N3/c1-9-7-13(12(8-14)11(3)15-9)16-6-4-5-10(16)2/h7,10H,4-6H2,1-3H3. The summed E-state index contributed by atoms with van der Waals surface area (Å²) in [4.78, 5) is 6.69. The van der Waals surface area contributed by atoms with Gasteiger partial charge in [0.2, 0.25) is 0 Å². The van der Waals surface area contributed by atoms with Crippen LogP contribution < -0.4 is 4.90 Å². The Morgan fingerprint density at radius 2 is 2.25 bits per heavy atom. The molecule has 0 aromatic carbocycles. The Morgan fingerprint density at radius 1 is 1.50 bits per heavy atom. The number of hydrogen-bond donors (Lipinski definition) is 0. The molecule has 0 N–H and O–H groups in total. The van der Waals surface area contributed by atoms with Crippen molar-refractivity contribution >= 4 is 5.69 Å². The largest absolute Gasteiger partial charge is 0.368 e. The van der Waals surface area contributed by atoms with E-state index in [1.54, 1.807) is 0 Å². The molecule has 2 heterocycles. The van der Waals surface area contributed by atoms with Gasteiger partial charge in [0, 0.05) is 18.3 Å². The van der Waals surface area contributed by atoms with E-state index in [0.717, 1.165) is 29.2 Å². The summed E-state index contributed by atoms with van der Waals surface area (Å²) in [6.07, 6.45) is 2.43. The number of nitriles is 1. The summed E-state index contributed by atoms with van der Waals surface area (Å²) < 4.78 is 0. The van der Waals surface area contributed by atoms with E-state index in [2.05, 4.69) is 22.9 Å². The van der Waals surface area contributed by atoms with Crippen LogP contribution in [-0.4, -0.2) is 17.6 Å². The highest BCUT2D eigenvalue weighted by Crippen LogP contribution is 2.29. The van der Waals surface area contributed by atoms with Crippen LogP contribution in [0.15, 0.2) is 6.07 Å². The summed E-state index contributed by atoms with van der Waals surface area (Å²) in [5.41, 5.74) is 3.64. The summed E-state index contributed by atoms with van der Waals surface area (Å²) in [7, 11) is 0. The van der Waals surface area contributed by atoms with Gasteiger partial charge in [-0.3, -0.25) is 4.98 Å². The fourth-order valence-electron chi connectivity index (χ4n) is 2.46. The van der Waals surface area contributed by atoms with Crippen molar-refractivity contribution in [2.24, 2.45) is 0 Å². The molecule has 0 amide bonds. The smallest absolute Gasteiger partial charge is 0.103 e. The molecule has 1 aromatic heterocycles. The topological polar surface area (TPSA) is 39.9 Å². The van der Waals surface area contributed by atoms with Crippen molar-refractivity contribution < 1.29 is 0 Å². The molecule has 0 spiro atoms. The molecule has 0 bridgehead atoms. The van der Waals surface area contributed by atoms with Crippen LogP contribution >= 0.6 is 0 Å². The lowest BCUT2D eigenvalue weighted by Gasteiger charge is -2.25. The molecule has 1 aliphatic rings. The second-order valence-electron chi connectivity index (χ2n) is 4.54. The molecule has 1 atom stereocenters. The molecule has 0 radical (unpaired) electrons. The molecule has 16 heavy (non-hydrogen) atoms. The third-order valence-corrected chi connectivity index (χ3v) is 3.28. The highest BCUT2D eigenvalue weighted by Gasteiger charge is 2.23. The van der Waals surface area contributed by atoms with Gasteiger partial charge in [-0.1, -0.05) is 0 Å². The first-order valence-electron chi connectivity index (χ1n) is 5.78. The molecule has 1 saturated heterocycles. The second-order valence-corrected chi connectivity index (χ2v) is 4.54. The van der Waals surface area contributed by atoms with Crippen LogP contribution in [0.4, 0.5) is 5.69 Å². The molecule has 2 rings (SSSR count). The van der Waals surface area contributed by atoms with Crippen molar-refractivity contribution in [1.29, 1.82) is 5.26 Å². The lowest BCUT2D eigenvalue weighted by Crippen LogP contribution is -2.27. The first-order valence-corrected chi connectivity index (χ1v) is 5.78. The van der Waals surface area contributed by atoms with Gasteiger partial charge in [0.25, 0.3) is 0 Å². The number of nitrogens with zero attached hydrogens (tertiary/aromatic N) is 3.